The predicted molar refractivity (Wildman–Crippen MR) is 117 cm³/mol. The zero-order chi connectivity index (χ0) is 20.8. The number of anilines is 1. The van der Waals surface area contributed by atoms with Crippen LogP contribution in [0.5, 0.6) is 5.75 Å². The molecule has 30 heavy (non-hydrogen) atoms. The van der Waals surface area contributed by atoms with Crippen LogP contribution in [-0.2, 0) is 16.1 Å². The lowest BCUT2D eigenvalue weighted by Gasteiger charge is -2.16. The number of carbonyl (C=O) groups excluding carboxylic acids is 2. The second-order valence-corrected chi connectivity index (χ2v) is 7.24. The van der Waals surface area contributed by atoms with Crippen molar-refractivity contribution in [3.05, 3.63) is 84.4 Å². The number of hydrogen-bond acceptors (Lipinski definition) is 3. The Morgan fingerprint density at radius 1 is 0.933 bits per heavy atom. The van der Waals surface area contributed by atoms with Crippen LogP contribution in [-0.4, -0.2) is 25.0 Å². The van der Waals surface area contributed by atoms with E-state index in [0.29, 0.717) is 18.7 Å². The van der Waals surface area contributed by atoms with Crippen molar-refractivity contribution < 1.29 is 14.3 Å². The van der Waals surface area contributed by atoms with E-state index in [-0.39, 0.29) is 18.4 Å². The van der Waals surface area contributed by atoms with Crippen molar-refractivity contribution in [1.82, 2.24) is 5.32 Å². The summed E-state index contributed by atoms with van der Waals surface area (Å²) in [6.45, 7) is 1.14. The quantitative estimate of drug-likeness (QED) is 0.647. The fourth-order valence-corrected chi connectivity index (χ4v) is 3.56. The van der Waals surface area contributed by atoms with Crippen molar-refractivity contribution in [2.24, 2.45) is 0 Å². The Balaban J connectivity index is 1.30. The van der Waals surface area contributed by atoms with E-state index in [9.17, 15) is 9.59 Å². The number of hydrogen-bond donors (Lipinski definition) is 1. The molecule has 0 radical (unpaired) electrons. The second kappa shape index (κ2) is 9.27. The standard InChI is InChI=1S/C25H24N2O3/c28-24(18-30-23-10-5-4-9-22(23)20-7-2-1-3-8-20)26-17-19-12-14-21(15-13-19)27-16-6-11-25(27)29/h1-5,7-10,12-15H,6,11,16-18H2,(H,26,28). The molecule has 3 aromatic carbocycles. The minimum Gasteiger partial charge on any atom is -0.483 e. The molecule has 5 nitrogen and oxygen atoms in total. The maximum Gasteiger partial charge on any atom is 0.258 e. The number of benzene rings is 3. The van der Waals surface area contributed by atoms with Gasteiger partial charge in [-0.25, -0.2) is 0 Å². The normalized spacial score (nSPS) is 13.3. The SMILES string of the molecule is O=C(COc1ccccc1-c1ccccc1)NCc1ccc(N2CCCC2=O)cc1. The number of nitrogens with one attached hydrogen (secondary N) is 1. The van der Waals surface area contributed by atoms with Crippen LogP contribution in [0, 0.1) is 0 Å². The number of ether oxygens (including phenoxy) is 1. The Kier molecular flexibility index (Phi) is 6.09. The molecule has 4 rings (SSSR count). The number of carbonyl (C=O) groups is 2. The fraction of sp³-hybridized carbons (Fsp3) is 0.200. The second-order valence-electron chi connectivity index (χ2n) is 7.24. The van der Waals surface area contributed by atoms with Crippen LogP contribution in [0.4, 0.5) is 5.69 Å². The van der Waals surface area contributed by atoms with E-state index in [1.807, 2.05) is 78.9 Å². The molecule has 0 spiro atoms. The first kappa shape index (κ1) is 19.7. The molecular formula is C25H24N2O3. The minimum atomic E-state index is -0.184. The first-order valence-corrected chi connectivity index (χ1v) is 10.1. The van der Waals surface area contributed by atoms with Gasteiger partial charge in [-0.1, -0.05) is 60.7 Å². The summed E-state index contributed by atoms with van der Waals surface area (Å²) in [6.07, 6.45) is 1.52. The monoisotopic (exact) mass is 400 g/mol. The molecule has 1 N–H and O–H groups in total. The van der Waals surface area contributed by atoms with Gasteiger partial charge in [0.15, 0.2) is 6.61 Å². The molecule has 2 amide bonds. The van der Waals surface area contributed by atoms with Gasteiger partial charge in [0.25, 0.3) is 5.91 Å². The summed E-state index contributed by atoms with van der Waals surface area (Å²) in [6, 6.07) is 25.4. The average Bonchev–Trinajstić information content (AvgIpc) is 3.23. The van der Waals surface area contributed by atoms with Gasteiger partial charge in [-0.3, -0.25) is 9.59 Å². The van der Waals surface area contributed by atoms with E-state index in [4.69, 9.17) is 4.74 Å². The van der Waals surface area contributed by atoms with E-state index in [0.717, 1.165) is 35.3 Å². The van der Waals surface area contributed by atoms with Crippen LogP contribution in [0.3, 0.4) is 0 Å². The van der Waals surface area contributed by atoms with Crippen LogP contribution in [0.2, 0.25) is 0 Å². The number of nitrogens with zero attached hydrogens (tertiary/aromatic N) is 1. The third-order valence-corrected chi connectivity index (χ3v) is 5.14. The first-order chi connectivity index (χ1) is 14.7. The number of rotatable bonds is 7. The lowest BCUT2D eigenvalue weighted by molar-refractivity contribution is -0.123. The Labute approximate surface area is 176 Å². The molecule has 0 unspecified atom stereocenters. The highest BCUT2D eigenvalue weighted by Crippen LogP contribution is 2.29. The summed E-state index contributed by atoms with van der Waals surface area (Å²) in [5, 5.41) is 2.88. The largest absolute Gasteiger partial charge is 0.483 e. The molecule has 1 saturated heterocycles. The molecule has 1 fully saturated rings. The molecule has 152 valence electrons. The molecule has 5 heteroatoms. The molecule has 3 aromatic rings. The number of para-hydroxylation sites is 1. The van der Waals surface area contributed by atoms with Gasteiger partial charge >= 0.3 is 0 Å². The van der Waals surface area contributed by atoms with Crippen molar-refractivity contribution in [1.29, 1.82) is 0 Å². The molecule has 1 aliphatic rings. The summed E-state index contributed by atoms with van der Waals surface area (Å²) < 4.78 is 5.78. The Morgan fingerprint density at radius 2 is 1.67 bits per heavy atom. The third kappa shape index (κ3) is 4.69. The Hall–Kier alpha value is -3.60. The van der Waals surface area contributed by atoms with Crippen molar-refractivity contribution in [2.75, 3.05) is 18.1 Å². The maximum atomic E-state index is 12.3. The van der Waals surface area contributed by atoms with E-state index in [2.05, 4.69) is 5.32 Å². The van der Waals surface area contributed by atoms with Gasteiger partial charge in [0.05, 0.1) is 0 Å². The molecule has 0 atom stereocenters. The van der Waals surface area contributed by atoms with Crippen LogP contribution in [0.25, 0.3) is 11.1 Å². The van der Waals surface area contributed by atoms with Gasteiger partial charge in [0.2, 0.25) is 5.91 Å². The van der Waals surface area contributed by atoms with E-state index >= 15 is 0 Å². The molecule has 0 bridgehead atoms. The van der Waals surface area contributed by atoms with Gasteiger partial charge in [0, 0.05) is 30.8 Å². The molecule has 0 aromatic heterocycles. The van der Waals surface area contributed by atoms with Crippen molar-refractivity contribution in [2.45, 2.75) is 19.4 Å². The summed E-state index contributed by atoms with van der Waals surface area (Å²) in [5.41, 5.74) is 3.89. The molecule has 1 heterocycles. The van der Waals surface area contributed by atoms with Crippen LogP contribution in [0.1, 0.15) is 18.4 Å². The van der Waals surface area contributed by atoms with Gasteiger partial charge in [-0.05, 0) is 35.7 Å². The van der Waals surface area contributed by atoms with E-state index in [1.54, 1.807) is 4.90 Å². The van der Waals surface area contributed by atoms with Gasteiger partial charge in [0.1, 0.15) is 5.75 Å². The zero-order valence-electron chi connectivity index (χ0n) is 16.7. The minimum absolute atomic E-state index is 0.0514. The lowest BCUT2D eigenvalue weighted by atomic mass is 10.1. The highest BCUT2D eigenvalue weighted by atomic mass is 16.5. The summed E-state index contributed by atoms with van der Waals surface area (Å²) in [4.78, 5) is 25.9. The molecule has 0 saturated carbocycles. The smallest absolute Gasteiger partial charge is 0.258 e. The zero-order valence-corrected chi connectivity index (χ0v) is 16.7. The lowest BCUT2D eigenvalue weighted by Crippen LogP contribution is -2.28. The van der Waals surface area contributed by atoms with E-state index < -0.39 is 0 Å². The fourth-order valence-electron chi connectivity index (χ4n) is 3.56. The summed E-state index contributed by atoms with van der Waals surface area (Å²) in [5.74, 6) is 0.666. The van der Waals surface area contributed by atoms with Gasteiger partial charge < -0.3 is 15.0 Å². The Bertz CT molecular complexity index is 1020. The topological polar surface area (TPSA) is 58.6 Å². The molecule has 1 aliphatic heterocycles. The van der Waals surface area contributed by atoms with Gasteiger partial charge in [-0.2, -0.15) is 0 Å². The van der Waals surface area contributed by atoms with Crippen molar-refractivity contribution in [3.63, 3.8) is 0 Å². The third-order valence-electron chi connectivity index (χ3n) is 5.14. The van der Waals surface area contributed by atoms with Crippen molar-refractivity contribution in [3.8, 4) is 16.9 Å². The average molecular weight is 400 g/mol. The maximum absolute atomic E-state index is 12.3. The summed E-state index contributed by atoms with van der Waals surface area (Å²) in [7, 11) is 0. The Morgan fingerprint density at radius 3 is 2.40 bits per heavy atom. The van der Waals surface area contributed by atoms with Crippen LogP contribution in [0.15, 0.2) is 78.9 Å². The van der Waals surface area contributed by atoms with Crippen molar-refractivity contribution >= 4 is 17.5 Å². The van der Waals surface area contributed by atoms with Gasteiger partial charge in [-0.15, -0.1) is 0 Å². The molecular weight excluding hydrogens is 376 g/mol. The van der Waals surface area contributed by atoms with Crippen LogP contribution < -0.4 is 15.0 Å². The highest BCUT2D eigenvalue weighted by Gasteiger charge is 2.21. The van der Waals surface area contributed by atoms with Crippen LogP contribution >= 0.6 is 0 Å². The first-order valence-electron chi connectivity index (χ1n) is 10.1. The molecule has 0 aliphatic carbocycles. The summed E-state index contributed by atoms with van der Waals surface area (Å²) >= 11 is 0. The highest BCUT2D eigenvalue weighted by molar-refractivity contribution is 5.95. The van der Waals surface area contributed by atoms with E-state index in [1.165, 1.54) is 0 Å². The predicted octanol–water partition coefficient (Wildman–Crippen LogP) is 4.18. The number of amides is 2.